The highest BCUT2D eigenvalue weighted by Crippen LogP contribution is 2.27. The molecule has 9 heteroatoms. The van der Waals surface area contributed by atoms with E-state index in [9.17, 15) is 14.4 Å². The number of amides is 1. The van der Waals surface area contributed by atoms with Crippen molar-refractivity contribution in [2.24, 2.45) is 0 Å². The zero-order valence-electron chi connectivity index (χ0n) is 16.5. The van der Waals surface area contributed by atoms with Crippen molar-refractivity contribution in [1.82, 2.24) is 0 Å². The van der Waals surface area contributed by atoms with Gasteiger partial charge in [0.1, 0.15) is 18.0 Å². The molecule has 0 fully saturated rings. The quantitative estimate of drug-likeness (QED) is 0.616. The average molecular weight is 392 g/mol. The first-order chi connectivity index (χ1) is 13.2. The molecule has 1 N–H and O–H groups in total. The summed E-state index contributed by atoms with van der Waals surface area (Å²) in [7, 11) is 2.45. The van der Waals surface area contributed by atoms with Gasteiger partial charge in [-0.3, -0.25) is 5.32 Å². The van der Waals surface area contributed by atoms with Crippen molar-refractivity contribution in [1.29, 1.82) is 0 Å². The largest absolute Gasteiger partial charge is 0.466 e. The Morgan fingerprint density at radius 3 is 2.18 bits per heavy atom. The third-order valence-corrected chi connectivity index (χ3v) is 3.66. The molecular formula is C19H24N2O7. The van der Waals surface area contributed by atoms with Gasteiger partial charge in [0.25, 0.3) is 0 Å². The molecule has 28 heavy (non-hydrogen) atoms. The average Bonchev–Trinajstić information content (AvgIpc) is 2.65. The molecule has 152 valence electrons. The van der Waals surface area contributed by atoms with E-state index in [4.69, 9.17) is 18.9 Å². The minimum absolute atomic E-state index is 0.0454. The zero-order chi connectivity index (χ0) is 20.9. The molecule has 1 aliphatic heterocycles. The van der Waals surface area contributed by atoms with E-state index in [1.54, 1.807) is 45.0 Å². The Morgan fingerprint density at radius 1 is 1.04 bits per heavy atom. The Balaban J connectivity index is 2.27. The van der Waals surface area contributed by atoms with Gasteiger partial charge in [-0.15, -0.1) is 0 Å². The van der Waals surface area contributed by atoms with Crippen LogP contribution in [0.2, 0.25) is 0 Å². The summed E-state index contributed by atoms with van der Waals surface area (Å²) in [5.74, 6) is -1.35. The molecule has 0 aromatic heterocycles. The van der Waals surface area contributed by atoms with Crippen LogP contribution in [0.5, 0.6) is 0 Å². The molecular weight excluding hydrogens is 368 g/mol. The predicted octanol–water partition coefficient (Wildman–Crippen LogP) is 2.43. The number of ether oxygens (including phenoxy) is 4. The Bertz CT molecular complexity index is 778. The fourth-order valence-corrected chi connectivity index (χ4v) is 2.49. The van der Waals surface area contributed by atoms with Crippen molar-refractivity contribution in [2.45, 2.75) is 26.4 Å². The van der Waals surface area contributed by atoms with Gasteiger partial charge >= 0.3 is 18.0 Å². The molecule has 9 nitrogen and oxygen atoms in total. The van der Waals surface area contributed by atoms with Gasteiger partial charge in [0.05, 0.1) is 26.4 Å². The van der Waals surface area contributed by atoms with Crippen LogP contribution in [0, 0.1) is 0 Å². The van der Waals surface area contributed by atoms with Crippen molar-refractivity contribution in [3.8, 4) is 0 Å². The Morgan fingerprint density at radius 2 is 1.64 bits per heavy atom. The van der Waals surface area contributed by atoms with E-state index in [-0.39, 0.29) is 24.6 Å². The Labute approximate surface area is 163 Å². The first-order valence-corrected chi connectivity index (χ1v) is 8.51. The van der Waals surface area contributed by atoms with E-state index in [1.807, 2.05) is 0 Å². The van der Waals surface area contributed by atoms with E-state index in [2.05, 4.69) is 5.32 Å². The van der Waals surface area contributed by atoms with Crippen molar-refractivity contribution in [3.05, 3.63) is 35.5 Å². The van der Waals surface area contributed by atoms with Crippen LogP contribution < -0.4 is 10.2 Å². The van der Waals surface area contributed by atoms with Crippen molar-refractivity contribution in [3.63, 3.8) is 0 Å². The van der Waals surface area contributed by atoms with E-state index >= 15 is 0 Å². The first kappa shape index (κ1) is 21.2. The number of hydrogen-bond acceptors (Lipinski definition) is 8. The van der Waals surface area contributed by atoms with Crippen LogP contribution in [0.25, 0.3) is 0 Å². The predicted molar refractivity (Wildman–Crippen MR) is 101 cm³/mol. The number of carbonyl (C=O) groups is 3. The second-order valence-electron chi connectivity index (χ2n) is 6.89. The standard InChI is InChI=1S/C19H24N2O7/c1-19(2,3)28-18(24)20-12-6-8-13(9-7-12)21-11-27-10-14(16(22)25-4)15(21)17(23)26-5/h6-9H,10-11H2,1-5H3,(H,20,24). The second kappa shape index (κ2) is 8.75. The summed E-state index contributed by atoms with van der Waals surface area (Å²) >= 11 is 0. The zero-order valence-corrected chi connectivity index (χ0v) is 16.5. The summed E-state index contributed by atoms with van der Waals surface area (Å²) in [5.41, 5.74) is 0.577. The smallest absolute Gasteiger partial charge is 0.412 e. The van der Waals surface area contributed by atoms with Gasteiger partial charge in [0, 0.05) is 11.4 Å². The lowest BCUT2D eigenvalue weighted by atomic mass is 10.1. The van der Waals surface area contributed by atoms with Gasteiger partial charge in [0.2, 0.25) is 0 Å². The molecule has 0 radical (unpaired) electrons. The number of rotatable bonds is 4. The fraction of sp³-hybridized carbons (Fsp3) is 0.421. The number of benzene rings is 1. The van der Waals surface area contributed by atoms with Gasteiger partial charge in [-0.2, -0.15) is 0 Å². The number of esters is 2. The molecule has 1 aliphatic rings. The molecule has 1 amide bonds. The Kier molecular flexibility index (Phi) is 6.63. The lowest BCUT2D eigenvalue weighted by molar-refractivity contribution is -0.140. The maximum atomic E-state index is 12.3. The van der Waals surface area contributed by atoms with Crippen LogP contribution in [0.4, 0.5) is 16.2 Å². The molecule has 1 aromatic carbocycles. The molecule has 0 atom stereocenters. The molecule has 0 bridgehead atoms. The summed E-state index contributed by atoms with van der Waals surface area (Å²) in [6, 6.07) is 6.61. The summed E-state index contributed by atoms with van der Waals surface area (Å²) in [6.07, 6.45) is -0.579. The van der Waals surface area contributed by atoms with Crippen LogP contribution in [0.1, 0.15) is 20.8 Å². The molecule has 1 heterocycles. The third-order valence-electron chi connectivity index (χ3n) is 3.66. The van der Waals surface area contributed by atoms with Crippen molar-refractivity contribution in [2.75, 3.05) is 37.8 Å². The molecule has 0 unspecified atom stereocenters. The number of anilines is 2. The Hall–Kier alpha value is -3.07. The SMILES string of the molecule is COC(=O)C1=C(C(=O)OC)N(c2ccc(NC(=O)OC(C)(C)C)cc2)COC1. The second-order valence-corrected chi connectivity index (χ2v) is 6.89. The van der Waals surface area contributed by atoms with E-state index in [0.29, 0.717) is 11.4 Å². The van der Waals surface area contributed by atoms with Gasteiger partial charge in [-0.25, -0.2) is 14.4 Å². The summed E-state index contributed by atoms with van der Waals surface area (Å²) in [5, 5.41) is 2.62. The molecule has 0 saturated heterocycles. The highest BCUT2D eigenvalue weighted by atomic mass is 16.6. The maximum absolute atomic E-state index is 12.3. The van der Waals surface area contributed by atoms with Gasteiger partial charge < -0.3 is 23.8 Å². The summed E-state index contributed by atoms with van der Waals surface area (Å²) < 4.78 is 20.2. The van der Waals surface area contributed by atoms with Crippen LogP contribution in [0.15, 0.2) is 35.5 Å². The van der Waals surface area contributed by atoms with Crippen molar-refractivity contribution < 1.29 is 33.3 Å². The fourth-order valence-electron chi connectivity index (χ4n) is 2.49. The monoisotopic (exact) mass is 392 g/mol. The number of methoxy groups -OCH3 is 2. The number of nitrogens with zero attached hydrogens (tertiary/aromatic N) is 1. The van der Waals surface area contributed by atoms with Crippen LogP contribution in [-0.4, -0.2) is 51.2 Å². The number of nitrogens with one attached hydrogen (secondary N) is 1. The number of hydrogen-bond donors (Lipinski definition) is 1. The van der Waals surface area contributed by atoms with E-state index in [1.165, 1.54) is 19.1 Å². The van der Waals surface area contributed by atoms with E-state index < -0.39 is 23.6 Å². The minimum Gasteiger partial charge on any atom is -0.466 e. The molecule has 0 spiro atoms. The van der Waals surface area contributed by atoms with Gasteiger partial charge in [-0.1, -0.05) is 0 Å². The van der Waals surface area contributed by atoms with Gasteiger partial charge in [0.15, 0.2) is 0 Å². The van der Waals surface area contributed by atoms with Gasteiger partial charge in [-0.05, 0) is 45.0 Å². The first-order valence-electron chi connectivity index (χ1n) is 8.51. The molecule has 2 rings (SSSR count). The molecule has 0 aliphatic carbocycles. The van der Waals surface area contributed by atoms with Crippen LogP contribution in [-0.2, 0) is 28.5 Å². The third kappa shape index (κ3) is 5.23. The summed E-state index contributed by atoms with van der Waals surface area (Å²) in [4.78, 5) is 37.6. The van der Waals surface area contributed by atoms with Crippen molar-refractivity contribution >= 4 is 29.4 Å². The molecule has 1 aromatic rings. The molecule has 0 saturated carbocycles. The van der Waals surface area contributed by atoms with E-state index in [0.717, 1.165) is 0 Å². The highest BCUT2D eigenvalue weighted by molar-refractivity contribution is 6.03. The lowest BCUT2D eigenvalue weighted by Crippen LogP contribution is -2.38. The normalized spacial score (nSPS) is 14.4. The lowest BCUT2D eigenvalue weighted by Gasteiger charge is -2.31. The minimum atomic E-state index is -0.681. The topological polar surface area (TPSA) is 103 Å². The number of carbonyl (C=O) groups excluding carboxylic acids is 3. The summed E-state index contributed by atoms with van der Waals surface area (Å²) in [6.45, 7) is 5.29. The maximum Gasteiger partial charge on any atom is 0.412 e. The van der Waals surface area contributed by atoms with Crippen LogP contribution >= 0.6 is 0 Å². The van der Waals surface area contributed by atoms with Crippen LogP contribution in [0.3, 0.4) is 0 Å². The highest BCUT2D eigenvalue weighted by Gasteiger charge is 2.32.